The number of anilines is 1. The molecule has 0 bridgehead atoms. The highest BCUT2D eigenvalue weighted by atomic mass is 32.2. The first-order valence-corrected chi connectivity index (χ1v) is 11.1. The molecule has 0 aromatic heterocycles. The Morgan fingerprint density at radius 1 is 1.18 bits per heavy atom. The van der Waals surface area contributed by atoms with E-state index >= 15 is 0 Å². The van der Waals surface area contributed by atoms with Gasteiger partial charge in [0, 0.05) is 44.8 Å². The molecule has 0 spiro atoms. The number of allylic oxidation sites excluding steroid dienone is 1. The van der Waals surface area contributed by atoms with Crippen LogP contribution in [0.3, 0.4) is 0 Å². The molecular formula is C20H31N3O4S. The number of rotatable bonds is 7. The van der Waals surface area contributed by atoms with Crippen LogP contribution in [-0.2, 0) is 14.8 Å². The summed E-state index contributed by atoms with van der Waals surface area (Å²) in [5.74, 6) is 0.676. The molecule has 0 aliphatic carbocycles. The molecule has 28 heavy (non-hydrogen) atoms. The lowest BCUT2D eigenvalue weighted by atomic mass is 10.2. The minimum Gasteiger partial charge on any atom is -0.495 e. The Labute approximate surface area is 168 Å². The van der Waals surface area contributed by atoms with Gasteiger partial charge in [-0.3, -0.25) is 4.79 Å². The minimum atomic E-state index is -3.55. The number of hydrogen-bond acceptors (Lipinski definition) is 5. The third kappa shape index (κ3) is 4.50. The van der Waals surface area contributed by atoms with E-state index in [9.17, 15) is 13.2 Å². The summed E-state index contributed by atoms with van der Waals surface area (Å²) in [7, 11) is -1.97. The van der Waals surface area contributed by atoms with Crippen molar-refractivity contribution in [2.45, 2.75) is 32.6 Å². The van der Waals surface area contributed by atoms with Crippen LogP contribution in [0.4, 0.5) is 5.69 Å². The summed E-state index contributed by atoms with van der Waals surface area (Å²) >= 11 is 0. The van der Waals surface area contributed by atoms with E-state index in [-0.39, 0.29) is 10.8 Å². The van der Waals surface area contributed by atoms with Crippen LogP contribution in [-0.4, -0.2) is 69.9 Å². The number of nitrogens with zero attached hydrogens (tertiary/aromatic N) is 3. The number of amides is 1. The fourth-order valence-corrected chi connectivity index (χ4v) is 4.79. The molecule has 2 rings (SSSR count). The van der Waals surface area contributed by atoms with Crippen molar-refractivity contribution >= 4 is 21.6 Å². The van der Waals surface area contributed by atoms with Crippen LogP contribution in [0, 0.1) is 0 Å². The average Bonchev–Trinajstić information content (AvgIpc) is 2.72. The van der Waals surface area contributed by atoms with Gasteiger partial charge < -0.3 is 14.5 Å². The first kappa shape index (κ1) is 22.2. The monoisotopic (exact) mass is 409 g/mol. The van der Waals surface area contributed by atoms with E-state index in [1.165, 1.54) is 4.31 Å². The number of methoxy groups -OCH3 is 1. The fourth-order valence-electron chi connectivity index (χ4n) is 3.31. The lowest BCUT2D eigenvalue weighted by Crippen LogP contribution is -2.49. The van der Waals surface area contributed by atoms with Gasteiger partial charge in [0.05, 0.1) is 17.7 Å². The molecule has 1 saturated heterocycles. The minimum absolute atomic E-state index is 0.0481. The highest BCUT2D eigenvalue weighted by molar-refractivity contribution is 7.89. The summed E-state index contributed by atoms with van der Waals surface area (Å²) in [5, 5.41) is 0. The third-order valence-corrected chi connectivity index (χ3v) is 7.22. The largest absolute Gasteiger partial charge is 0.495 e. The number of carbonyl (C=O) groups excluding carboxylic acids is 1. The Kier molecular flexibility index (Phi) is 7.48. The molecule has 1 amide bonds. The average molecular weight is 410 g/mol. The molecule has 1 fully saturated rings. The van der Waals surface area contributed by atoms with Crippen molar-refractivity contribution in [2.24, 2.45) is 0 Å². The summed E-state index contributed by atoms with van der Waals surface area (Å²) in [6.07, 6.45) is 1.82. The first-order valence-electron chi connectivity index (χ1n) is 9.65. The summed E-state index contributed by atoms with van der Waals surface area (Å²) < 4.78 is 32.7. The Morgan fingerprint density at radius 3 is 2.29 bits per heavy atom. The van der Waals surface area contributed by atoms with Gasteiger partial charge in [-0.1, -0.05) is 19.9 Å². The molecule has 0 atom stereocenters. The van der Waals surface area contributed by atoms with E-state index in [1.807, 2.05) is 38.7 Å². The maximum atomic E-state index is 12.9. The molecule has 0 N–H and O–H groups in total. The van der Waals surface area contributed by atoms with Gasteiger partial charge in [0.15, 0.2) is 0 Å². The van der Waals surface area contributed by atoms with Gasteiger partial charge in [-0.05, 0) is 32.0 Å². The summed E-state index contributed by atoms with van der Waals surface area (Å²) in [4.78, 5) is 16.5. The fraction of sp³-hybridized carbons (Fsp3) is 0.550. The van der Waals surface area contributed by atoms with Gasteiger partial charge in [-0.25, -0.2) is 8.42 Å². The molecule has 1 aromatic rings. The molecule has 1 aromatic carbocycles. The Hall–Kier alpha value is -2.06. The number of piperazine rings is 1. The lowest BCUT2D eigenvalue weighted by Gasteiger charge is -2.37. The van der Waals surface area contributed by atoms with E-state index < -0.39 is 10.0 Å². The Morgan fingerprint density at radius 2 is 1.79 bits per heavy atom. The molecule has 0 saturated carbocycles. The van der Waals surface area contributed by atoms with Gasteiger partial charge in [0.2, 0.25) is 15.9 Å². The predicted molar refractivity (Wildman–Crippen MR) is 111 cm³/mol. The number of sulfonamides is 1. The molecular weight excluding hydrogens is 378 g/mol. The van der Waals surface area contributed by atoms with Crippen molar-refractivity contribution in [3.63, 3.8) is 0 Å². The maximum Gasteiger partial charge on any atom is 0.249 e. The molecule has 8 heteroatoms. The normalized spacial score (nSPS) is 15.9. The third-order valence-electron chi connectivity index (χ3n) is 5.17. The second-order valence-corrected chi connectivity index (χ2v) is 8.61. The zero-order valence-electron chi connectivity index (χ0n) is 17.4. The van der Waals surface area contributed by atoms with E-state index in [2.05, 4.69) is 4.90 Å². The molecule has 1 aliphatic rings. The van der Waals surface area contributed by atoms with Crippen molar-refractivity contribution in [1.82, 2.24) is 9.21 Å². The van der Waals surface area contributed by atoms with Gasteiger partial charge in [0.1, 0.15) is 5.75 Å². The number of carbonyl (C=O) groups is 1. The van der Waals surface area contributed by atoms with E-state index in [4.69, 9.17) is 4.74 Å². The van der Waals surface area contributed by atoms with Gasteiger partial charge in [-0.15, -0.1) is 0 Å². The molecule has 156 valence electrons. The van der Waals surface area contributed by atoms with Gasteiger partial charge in [0.25, 0.3) is 0 Å². The zero-order valence-corrected chi connectivity index (χ0v) is 18.3. The highest BCUT2D eigenvalue weighted by Gasteiger charge is 2.27. The van der Waals surface area contributed by atoms with E-state index in [0.29, 0.717) is 45.0 Å². The smallest absolute Gasteiger partial charge is 0.249 e. The zero-order chi connectivity index (χ0) is 20.9. The van der Waals surface area contributed by atoms with E-state index in [1.54, 1.807) is 25.3 Å². The summed E-state index contributed by atoms with van der Waals surface area (Å²) in [6, 6.07) is 4.97. The second kappa shape index (κ2) is 9.43. The number of ether oxygens (including phenoxy) is 1. The highest BCUT2D eigenvalue weighted by Crippen LogP contribution is 2.32. The summed E-state index contributed by atoms with van der Waals surface area (Å²) in [5.41, 5.74) is 1.48. The second-order valence-electron chi connectivity index (χ2n) is 6.67. The topological polar surface area (TPSA) is 70.2 Å². The van der Waals surface area contributed by atoms with Crippen LogP contribution in [0.5, 0.6) is 5.75 Å². The quantitative estimate of drug-likeness (QED) is 0.647. The van der Waals surface area contributed by atoms with Crippen molar-refractivity contribution in [3.05, 3.63) is 29.8 Å². The first-order chi connectivity index (χ1) is 13.3. The number of hydrogen-bond donors (Lipinski definition) is 0. The molecule has 0 radical (unpaired) electrons. The van der Waals surface area contributed by atoms with Crippen LogP contribution in [0.15, 0.2) is 34.7 Å². The molecule has 1 heterocycles. The van der Waals surface area contributed by atoms with Crippen LogP contribution in [0.1, 0.15) is 27.7 Å². The Bertz CT molecular complexity index is 824. The van der Waals surface area contributed by atoms with Crippen molar-refractivity contribution in [2.75, 3.05) is 51.3 Å². The molecule has 7 nitrogen and oxygen atoms in total. The molecule has 1 aliphatic heterocycles. The lowest BCUT2D eigenvalue weighted by molar-refractivity contribution is -0.127. The van der Waals surface area contributed by atoms with Crippen molar-refractivity contribution < 1.29 is 17.9 Å². The predicted octanol–water partition coefficient (Wildman–Crippen LogP) is 2.34. The van der Waals surface area contributed by atoms with Crippen molar-refractivity contribution in [1.29, 1.82) is 0 Å². The SMILES string of the molecule is C/C=C(\C)C(=O)N1CCN(c2cc(S(=O)(=O)N(CC)CC)ccc2OC)CC1. The van der Waals surface area contributed by atoms with Crippen LogP contribution < -0.4 is 9.64 Å². The van der Waals surface area contributed by atoms with Crippen LogP contribution in [0.2, 0.25) is 0 Å². The van der Waals surface area contributed by atoms with Gasteiger partial charge in [-0.2, -0.15) is 4.31 Å². The molecule has 0 unspecified atom stereocenters. The summed E-state index contributed by atoms with van der Waals surface area (Å²) in [6.45, 7) is 10.6. The van der Waals surface area contributed by atoms with Crippen molar-refractivity contribution in [3.8, 4) is 5.75 Å². The van der Waals surface area contributed by atoms with E-state index in [0.717, 1.165) is 11.3 Å². The Balaban J connectivity index is 2.28. The number of benzene rings is 1. The van der Waals surface area contributed by atoms with Crippen LogP contribution in [0.25, 0.3) is 0 Å². The van der Waals surface area contributed by atoms with Gasteiger partial charge >= 0.3 is 0 Å². The maximum absolute atomic E-state index is 12.9. The standard InChI is InChI=1S/C20H31N3O4S/c1-6-16(4)20(24)22-13-11-21(12-14-22)18-15-17(9-10-19(18)27-5)28(25,26)23(7-2)8-3/h6,9-10,15H,7-8,11-14H2,1-5H3/b16-6+. The van der Waals surface area contributed by atoms with Crippen LogP contribution >= 0.6 is 0 Å².